The van der Waals surface area contributed by atoms with Crippen LogP contribution < -0.4 is 0 Å². The Bertz CT molecular complexity index is 3150. The topological polar surface area (TPSA) is 22.8 Å². The van der Waals surface area contributed by atoms with Gasteiger partial charge < -0.3 is 9.13 Å². The monoisotopic (exact) mass is 687 g/mol. The molecule has 0 radical (unpaired) electrons. The largest absolute Gasteiger partial charge is 0.309 e. The maximum Gasteiger partial charge on any atom is 0.0715 e. The Balaban J connectivity index is 1.18. The molecule has 0 atom stereocenters. The molecule has 0 unspecified atom stereocenters. The van der Waals surface area contributed by atoms with E-state index in [1.807, 2.05) is 0 Å². The van der Waals surface area contributed by atoms with E-state index in [1.54, 1.807) is 0 Å². The first kappa shape index (κ1) is 30.4. The van der Waals surface area contributed by atoms with Gasteiger partial charge in [0.2, 0.25) is 0 Å². The number of benzene rings is 8. The number of hydrogen-bond donors (Lipinski definition) is 0. The van der Waals surface area contributed by atoms with Crippen LogP contribution in [-0.2, 0) is 0 Å². The number of pyridine rings is 1. The fourth-order valence-corrected chi connectivity index (χ4v) is 8.41. The minimum atomic E-state index is 0.956. The van der Waals surface area contributed by atoms with E-state index in [4.69, 9.17) is 4.98 Å². The van der Waals surface area contributed by atoms with Gasteiger partial charge in [-0.15, -0.1) is 0 Å². The highest BCUT2D eigenvalue weighted by Gasteiger charge is 2.21. The Morgan fingerprint density at radius 3 is 1.65 bits per heavy atom. The number of aromatic nitrogens is 3. The second kappa shape index (κ2) is 12.2. The van der Waals surface area contributed by atoms with E-state index in [2.05, 4.69) is 209 Å². The van der Waals surface area contributed by atoms with Gasteiger partial charge >= 0.3 is 0 Å². The van der Waals surface area contributed by atoms with Crippen molar-refractivity contribution in [2.45, 2.75) is 0 Å². The quantitative estimate of drug-likeness (QED) is 0.177. The molecule has 0 N–H and O–H groups in total. The summed E-state index contributed by atoms with van der Waals surface area (Å²) >= 11 is 0. The van der Waals surface area contributed by atoms with E-state index in [0.717, 1.165) is 45.0 Å². The van der Waals surface area contributed by atoms with Gasteiger partial charge in [0.15, 0.2) is 0 Å². The molecule has 54 heavy (non-hydrogen) atoms. The van der Waals surface area contributed by atoms with Gasteiger partial charge in [0.05, 0.1) is 33.5 Å². The molecule has 3 heterocycles. The Morgan fingerprint density at radius 2 is 0.907 bits per heavy atom. The van der Waals surface area contributed by atoms with Crippen LogP contribution in [0.15, 0.2) is 200 Å². The molecular formula is C51H33N3. The summed E-state index contributed by atoms with van der Waals surface area (Å²) in [6.07, 6.45) is 0. The minimum absolute atomic E-state index is 0.956. The molecule has 0 spiro atoms. The molecule has 0 saturated heterocycles. The van der Waals surface area contributed by atoms with Crippen LogP contribution in [0, 0.1) is 0 Å². The van der Waals surface area contributed by atoms with Crippen LogP contribution in [-0.4, -0.2) is 14.1 Å². The summed E-state index contributed by atoms with van der Waals surface area (Å²) in [5.41, 5.74) is 13.4. The lowest BCUT2D eigenvalue weighted by atomic mass is 9.99. The Labute approximate surface area is 312 Å². The molecule has 8 aromatic carbocycles. The normalized spacial score (nSPS) is 11.7. The maximum absolute atomic E-state index is 5.15. The van der Waals surface area contributed by atoms with Crippen molar-refractivity contribution in [3.8, 4) is 45.0 Å². The first-order valence-electron chi connectivity index (χ1n) is 18.5. The Kier molecular flexibility index (Phi) is 6.86. The van der Waals surface area contributed by atoms with Crippen LogP contribution in [0.25, 0.3) is 99.4 Å². The Hall–Kier alpha value is -7.23. The lowest BCUT2D eigenvalue weighted by molar-refractivity contribution is 1.18. The third kappa shape index (κ3) is 4.79. The van der Waals surface area contributed by atoms with Gasteiger partial charge in [0.1, 0.15) is 0 Å². The van der Waals surface area contributed by atoms with Crippen molar-refractivity contribution in [3.05, 3.63) is 200 Å². The summed E-state index contributed by atoms with van der Waals surface area (Å²) in [6.45, 7) is 0. The van der Waals surface area contributed by atoms with Crippen LogP contribution in [0.4, 0.5) is 0 Å². The van der Waals surface area contributed by atoms with Crippen LogP contribution in [0.1, 0.15) is 0 Å². The first-order valence-corrected chi connectivity index (χ1v) is 18.5. The summed E-state index contributed by atoms with van der Waals surface area (Å²) in [5, 5.41) is 7.44. The molecule has 0 amide bonds. The molecule has 11 rings (SSSR count). The van der Waals surface area contributed by atoms with Crippen LogP contribution in [0.2, 0.25) is 0 Å². The van der Waals surface area contributed by atoms with Crippen LogP contribution in [0.3, 0.4) is 0 Å². The van der Waals surface area contributed by atoms with Gasteiger partial charge in [-0.1, -0.05) is 146 Å². The summed E-state index contributed by atoms with van der Waals surface area (Å²) in [4.78, 5) is 5.15. The van der Waals surface area contributed by atoms with E-state index in [9.17, 15) is 0 Å². The van der Waals surface area contributed by atoms with Gasteiger partial charge in [-0.25, -0.2) is 4.98 Å². The fraction of sp³-hybridized carbons (Fsp3) is 0. The molecule has 11 aromatic rings. The van der Waals surface area contributed by atoms with Gasteiger partial charge in [-0.05, 0) is 76.5 Å². The third-order valence-electron chi connectivity index (χ3n) is 10.9. The zero-order valence-electron chi connectivity index (χ0n) is 29.4. The number of fused-ring (bicyclic) bond motifs is 8. The van der Waals surface area contributed by atoms with Crippen LogP contribution >= 0.6 is 0 Å². The van der Waals surface area contributed by atoms with Crippen molar-refractivity contribution in [2.24, 2.45) is 0 Å². The van der Waals surface area contributed by atoms with E-state index in [-0.39, 0.29) is 0 Å². The van der Waals surface area contributed by atoms with Crippen molar-refractivity contribution in [3.63, 3.8) is 0 Å². The molecule has 3 aromatic heterocycles. The molecule has 0 aliphatic rings. The molecule has 0 fully saturated rings. The summed E-state index contributed by atoms with van der Waals surface area (Å²) in [6, 6.07) is 72.1. The summed E-state index contributed by atoms with van der Waals surface area (Å²) < 4.78 is 4.91. The van der Waals surface area contributed by atoms with Gasteiger partial charge in [0, 0.05) is 44.0 Å². The van der Waals surface area contributed by atoms with E-state index < -0.39 is 0 Å². The van der Waals surface area contributed by atoms with Crippen molar-refractivity contribution < 1.29 is 0 Å². The SMILES string of the molecule is c1ccc(-c2cc(-c3cccc(-n4c5ccccc5c5ccc6c(c7ccccc7n6-c6ccc7ccccc7c6)c54)c3)cc(-c3ccccc3)n2)cc1. The molecule has 0 aliphatic heterocycles. The molecule has 0 aliphatic carbocycles. The van der Waals surface area contributed by atoms with Crippen LogP contribution in [0.5, 0.6) is 0 Å². The highest BCUT2D eigenvalue weighted by Crippen LogP contribution is 2.43. The number of nitrogens with zero attached hydrogens (tertiary/aromatic N) is 3. The van der Waals surface area contributed by atoms with E-state index in [0.29, 0.717) is 0 Å². The average molecular weight is 688 g/mol. The average Bonchev–Trinajstić information content (AvgIpc) is 3.77. The number of para-hydroxylation sites is 2. The fourth-order valence-electron chi connectivity index (χ4n) is 8.41. The standard InChI is InChI=1S/C51H33N3/c1-3-15-35(16-4-1)45-32-39(33-46(52-45)36-17-5-2-6-18-36)38-20-13-21-40(31-38)54-47-24-11-9-22-42(47)43-28-29-49-50(51(43)54)44-23-10-12-25-48(44)53(49)41-27-26-34-14-7-8-19-37(34)30-41/h1-33H. The van der Waals surface area contributed by atoms with E-state index >= 15 is 0 Å². The summed E-state index contributed by atoms with van der Waals surface area (Å²) in [5.74, 6) is 0. The third-order valence-corrected chi connectivity index (χ3v) is 10.9. The molecule has 0 saturated carbocycles. The van der Waals surface area contributed by atoms with Crippen molar-refractivity contribution in [2.75, 3.05) is 0 Å². The molecular weight excluding hydrogens is 655 g/mol. The minimum Gasteiger partial charge on any atom is -0.309 e. The molecule has 3 heteroatoms. The lowest BCUT2D eigenvalue weighted by Crippen LogP contribution is -1.96. The molecule has 3 nitrogen and oxygen atoms in total. The van der Waals surface area contributed by atoms with Crippen molar-refractivity contribution in [1.29, 1.82) is 0 Å². The second-order valence-electron chi connectivity index (χ2n) is 14.0. The van der Waals surface area contributed by atoms with E-state index in [1.165, 1.54) is 54.4 Å². The zero-order valence-corrected chi connectivity index (χ0v) is 29.4. The van der Waals surface area contributed by atoms with Crippen molar-refractivity contribution >= 4 is 54.4 Å². The highest BCUT2D eigenvalue weighted by atomic mass is 15.0. The predicted octanol–water partition coefficient (Wildman–Crippen LogP) is 13.4. The second-order valence-corrected chi connectivity index (χ2v) is 14.0. The predicted molar refractivity (Wildman–Crippen MR) is 227 cm³/mol. The summed E-state index contributed by atoms with van der Waals surface area (Å²) in [7, 11) is 0. The van der Waals surface area contributed by atoms with Gasteiger partial charge in [-0.2, -0.15) is 0 Å². The highest BCUT2D eigenvalue weighted by molar-refractivity contribution is 6.26. The van der Waals surface area contributed by atoms with Gasteiger partial charge in [-0.3, -0.25) is 0 Å². The lowest BCUT2D eigenvalue weighted by Gasteiger charge is -2.13. The number of rotatable bonds is 5. The maximum atomic E-state index is 5.15. The zero-order chi connectivity index (χ0) is 35.6. The van der Waals surface area contributed by atoms with Crippen molar-refractivity contribution in [1.82, 2.24) is 14.1 Å². The molecule has 252 valence electrons. The first-order chi connectivity index (χ1) is 26.8. The Morgan fingerprint density at radius 1 is 0.315 bits per heavy atom. The van der Waals surface area contributed by atoms with Gasteiger partial charge in [0.25, 0.3) is 0 Å². The smallest absolute Gasteiger partial charge is 0.0715 e. The molecule has 0 bridgehead atoms. The number of hydrogen-bond acceptors (Lipinski definition) is 1.